The second-order valence-corrected chi connectivity index (χ2v) is 6.23. The first-order chi connectivity index (χ1) is 7.99. The smallest absolute Gasteiger partial charge is 0.160 e. The van der Waals surface area contributed by atoms with Gasteiger partial charge in [-0.05, 0) is 40.2 Å². The Bertz CT molecular complexity index is 558. The summed E-state index contributed by atoms with van der Waals surface area (Å²) in [6.07, 6.45) is -1.06. The Labute approximate surface area is 114 Å². The maximum atomic E-state index is 13.1. The van der Waals surface area contributed by atoms with Crippen LogP contribution in [0.5, 0.6) is 0 Å². The number of aliphatic hydroxyl groups excluding tert-OH is 1. The van der Waals surface area contributed by atoms with Gasteiger partial charge >= 0.3 is 0 Å². The third-order valence-corrected chi connectivity index (χ3v) is 4.20. The maximum Gasteiger partial charge on any atom is 0.160 e. The highest BCUT2D eigenvalue weighted by atomic mass is 79.9. The predicted molar refractivity (Wildman–Crippen MR) is 67.4 cm³/mol. The molecule has 0 spiro atoms. The molecule has 1 atom stereocenters. The molecule has 0 saturated heterocycles. The first-order valence-corrected chi connectivity index (χ1v) is 6.55. The van der Waals surface area contributed by atoms with Crippen LogP contribution >= 0.6 is 38.9 Å². The zero-order chi connectivity index (χ0) is 12.6. The lowest BCUT2D eigenvalue weighted by atomic mass is 10.1. The Hall–Kier alpha value is -0.490. The van der Waals surface area contributed by atoms with Crippen LogP contribution in [0.15, 0.2) is 28.1 Å². The molecule has 0 aliphatic rings. The minimum absolute atomic E-state index is 0.000854. The van der Waals surface area contributed by atoms with Crippen molar-refractivity contribution >= 4 is 38.9 Å². The Morgan fingerprint density at radius 2 is 1.88 bits per heavy atom. The molecule has 0 bridgehead atoms. The topological polar surface area (TPSA) is 20.2 Å². The van der Waals surface area contributed by atoms with E-state index in [0.717, 1.165) is 15.9 Å². The Morgan fingerprint density at radius 3 is 2.47 bits per heavy atom. The Morgan fingerprint density at radius 1 is 1.24 bits per heavy atom. The summed E-state index contributed by atoms with van der Waals surface area (Å²) in [6, 6.07) is 5.22. The molecule has 17 heavy (non-hydrogen) atoms. The fourth-order valence-corrected chi connectivity index (χ4v) is 3.06. The molecule has 1 aromatic heterocycles. The fraction of sp³-hybridized carbons (Fsp3) is 0.0909. The van der Waals surface area contributed by atoms with Gasteiger partial charge in [-0.25, -0.2) is 8.78 Å². The van der Waals surface area contributed by atoms with Gasteiger partial charge in [-0.2, -0.15) is 0 Å². The lowest BCUT2D eigenvalue weighted by Gasteiger charge is -2.11. The SMILES string of the molecule is OC(c1ccc(Br)s1)c1cc(F)c(F)cc1Cl. The highest BCUT2D eigenvalue weighted by Gasteiger charge is 2.18. The molecule has 1 nitrogen and oxygen atoms in total. The van der Waals surface area contributed by atoms with Crippen molar-refractivity contribution in [2.45, 2.75) is 6.10 Å². The third kappa shape index (κ3) is 2.68. The van der Waals surface area contributed by atoms with Crippen molar-refractivity contribution in [3.8, 4) is 0 Å². The standard InChI is InChI=1S/C11H6BrClF2OS/c12-10-2-1-9(17-10)11(16)5-3-7(14)8(15)4-6(5)13/h1-4,11,16H. The first-order valence-electron chi connectivity index (χ1n) is 4.57. The Balaban J connectivity index is 2.43. The highest BCUT2D eigenvalue weighted by molar-refractivity contribution is 9.11. The quantitative estimate of drug-likeness (QED) is 0.797. The van der Waals surface area contributed by atoms with Gasteiger partial charge in [0.05, 0.1) is 3.79 Å². The van der Waals surface area contributed by atoms with Crippen LogP contribution in [0.25, 0.3) is 0 Å². The number of thiophene rings is 1. The van der Waals surface area contributed by atoms with E-state index in [9.17, 15) is 13.9 Å². The van der Waals surface area contributed by atoms with Crippen LogP contribution in [-0.4, -0.2) is 5.11 Å². The average Bonchev–Trinajstić information content (AvgIpc) is 2.69. The minimum atomic E-state index is -1.06. The van der Waals surface area contributed by atoms with Crippen LogP contribution in [-0.2, 0) is 0 Å². The number of aliphatic hydroxyl groups is 1. The van der Waals surface area contributed by atoms with Gasteiger partial charge in [0.1, 0.15) is 6.10 Å². The summed E-state index contributed by atoms with van der Waals surface area (Å²) in [5.74, 6) is -2.06. The van der Waals surface area contributed by atoms with Crippen LogP contribution in [0.3, 0.4) is 0 Å². The van der Waals surface area contributed by atoms with Gasteiger partial charge in [0.2, 0.25) is 0 Å². The van der Waals surface area contributed by atoms with Crippen LogP contribution in [0, 0.1) is 11.6 Å². The number of halogens is 4. The largest absolute Gasteiger partial charge is 0.383 e. The van der Waals surface area contributed by atoms with Gasteiger partial charge in [0.15, 0.2) is 11.6 Å². The molecule has 2 rings (SSSR count). The van der Waals surface area contributed by atoms with Gasteiger partial charge in [0.25, 0.3) is 0 Å². The van der Waals surface area contributed by atoms with E-state index in [4.69, 9.17) is 11.6 Å². The van der Waals surface area contributed by atoms with E-state index in [1.165, 1.54) is 11.3 Å². The number of rotatable bonds is 2. The van der Waals surface area contributed by atoms with Crippen molar-refractivity contribution in [1.29, 1.82) is 0 Å². The maximum absolute atomic E-state index is 13.1. The number of benzene rings is 1. The summed E-state index contributed by atoms with van der Waals surface area (Å²) in [6.45, 7) is 0. The highest BCUT2D eigenvalue weighted by Crippen LogP contribution is 2.34. The van der Waals surface area contributed by atoms with Crippen LogP contribution in [0.4, 0.5) is 8.78 Å². The van der Waals surface area contributed by atoms with E-state index >= 15 is 0 Å². The van der Waals surface area contributed by atoms with Gasteiger partial charge < -0.3 is 5.11 Å². The summed E-state index contributed by atoms with van der Waals surface area (Å²) in [4.78, 5) is 0.602. The minimum Gasteiger partial charge on any atom is -0.383 e. The van der Waals surface area contributed by atoms with Crippen molar-refractivity contribution in [3.05, 3.63) is 55.1 Å². The molecule has 2 aromatic rings. The van der Waals surface area contributed by atoms with Crippen molar-refractivity contribution in [3.63, 3.8) is 0 Å². The van der Waals surface area contributed by atoms with Crippen molar-refractivity contribution in [2.75, 3.05) is 0 Å². The summed E-state index contributed by atoms with van der Waals surface area (Å²) >= 11 is 10.3. The fourth-order valence-electron chi connectivity index (χ4n) is 1.38. The van der Waals surface area contributed by atoms with E-state index in [2.05, 4.69) is 15.9 Å². The summed E-state index contributed by atoms with van der Waals surface area (Å²) < 4.78 is 26.8. The van der Waals surface area contributed by atoms with Crippen LogP contribution in [0.2, 0.25) is 5.02 Å². The molecule has 1 heterocycles. The lowest BCUT2D eigenvalue weighted by Crippen LogP contribution is -2.00. The zero-order valence-corrected chi connectivity index (χ0v) is 11.4. The van der Waals surface area contributed by atoms with Crippen molar-refractivity contribution < 1.29 is 13.9 Å². The molecule has 0 aliphatic heterocycles. The average molecular weight is 340 g/mol. The Kier molecular flexibility index (Phi) is 3.82. The van der Waals surface area contributed by atoms with E-state index in [-0.39, 0.29) is 10.6 Å². The molecule has 0 saturated carbocycles. The second-order valence-electron chi connectivity index (χ2n) is 3.33. The molecular weight excluding hydrogens is 334 g/mol. The van der Waals surface area contributed by atoms with E-state index in [1.54, 1.807) is 12.1 Å². The second kappa shape index (κ2) is 5.02. The molecule has 0 radical (unpaired) electrons. The third-order valence-electron chi connectivity index (χ3n) is 2.20. The van der Waals surface area contributed by atoms with E-state index < -0.39 is 17.7 Å². The molecule has 90 valence electrons. The van der Waals surface area contributed by atoms with Crippen molar-refractivity contribution in [1.82, 2.24) is 0 Å². The van der Waals surface area contributed by atoms with E-state index in [1.807, 2.05) is 0 Å². The summed E-state index contributed by atoms with van der Waals surface area (Å²) in [5, 5.41) is 10.0. The number of hydrogen-bond acceptors (Lipinski definition) is 2. The molecule has 0 fully saturated rings. The molecule has 0 aliphatic carbocycles. The monoisotopic (exact) mass is 338 g/mol. The summed E-state index contributed by atoms with van der Waals surface area (Å²) in [5.41, 5.74) is 0.153. The van der Waals surface area contributed by atoms with E-state index in [0.29, 0.717) is 4.88 Å². The predicted octanol–water partition coefficient (Wildman–Crippen LogP) is 4.52. The lowest BCUT2D eigenvalue weighted by molar-refractivity contribution is 0.223. The van der Waals surface area contributed by atoms with Crippen molar-refractivity contribution in [2.24, 2.45) is 0 Å². The van der Waals surface area contributed by atoms with Gasteiger partial charge in [-0.1, -0.05) is 11.6 Å². The molecule has 1 N–H and O–H groups in total. The van der Waals surface area contributed by atoms with Crippen LogP contribution in [0.1, 0.15) is 16.5 Å². The molecule has 1 unspecified atom stereocenters. The van der Waals surface area contributed by atoms with Gasteiger partial charge in [-0.3, -0.25) is 0 Å². The van der Waals surface area contributed by atoms with Gasteiger partial charge in [-0.15, -0.1) is 11.3 Å². The zero-order valence-electron chi connectivity index (χ0n) is 8.25. The molecule has 0 amide bonds. The molecular formula is C11H6BrClF2OS. The summed E-state index contributed by atoms with van der Waals surface area (Å²) in [7, 11) is 0. The molecule has 6 heteroatoms. The first kappa shape index (κ1) is 13.0. The van der Waals surface area contributed by atoms with Crippen LogP contribution < -0.4 is 0 Å². The number of hydrogen-bond donors (Lipinski definition) is 1. The molecule has 1 aromatic carbocycles. The normalized spacial score (nSPS) is 12.8. The van der Waals surface area contributed by atoms with Gasteiger partial charge in [0, 0.05) is 15.5 Å².